The molecule has 6 heteroatoms. The number of nitrogens with zero attached hydrogens (tertiary/aromatic N) is 3. The van der Waals surface area contributed by atoms with E-state index in [2.05, 4.69) is 15.0 Å². The monoisotopic (exact) mass is 391 g/mol. The molecule has 1 aromatic heterocycles. The molecule has 0 aliphatic rings. The van der Waals surface area contributed by atoms with Crippen LogP contribution in [0.15, 0.2) is 78.9 Å². The lowest BCUT2D eigenvalue weighted by molar-refractivity contribution is -0.137. The Labute approximate surface area is 165 Å². The standard InChI is InChI=1S/C23H16F3N3/c1-15-12-18(14-19(13-15)23(24,25)26)22-28-20(16-8-4-2-5-9-16)27-21(29-22)17-10-6-3-7-11-17/h2-14H,1H3. The van der Waals surface area contributed by atoms with Crippen molar-refractivity contribution in [3.05, 3.63) is 90.0 Å². The van der Waals surface area contributed by atoms with E-state index in [1.807, 2.05) is 60.7 Å². The zero-order valence-electron chi connectivity index (χ0n) is 15.5. The minimum Gasteiger partial charge on any atom is -0.208 e. The number of hydrogen-bond donors (Lipinski definition) is 0. The number of aryl methyl sites for hydroxylation is 1. The average molecular weight is 391 g/mol. The van der Waals surface area contributed by atoms with Crippen LogP contribution in [-0.4, -0.2) is 15.0 Å². The smallest absolute Gasteiger partial charge is 0.208 e. The van der Waals surface area contributed by atoms with Gasteiger partial charge in [0.15, 0.2) is 17.5 Å². The maximum atomic E-state index is 13.3. The molecular weight excluding hydrogens is 375 g/mol. The number of aromatic nitrogens is 3. The average Bonchev–Trinajstić information content (AvgIpc) is 2.73. The Morgan fingerprint density at radius 2 is 1.03 bits per heavy atom. The van der Waals surface area contributed by atoms with Crippen LogP contribution in [0.3, 0.4) is 0 Å². The van der Waals surface area contributed by atoms with E-state index in [-0.39, 0.29) is 5.82 Å². The topological polar surface area (TPSA) is 38.7 Å². The number of halogens is 3. The third kappa shape index (κ3) is 4.16. The van der Waals surface area contributed by atoms with Gasteiger partial charge in [0.1, 0.15) is 0 Å². The molecule has 0 atom stereocenters. The summed E-state index contributed by atoms with van der Waals surface area (Å²) in [5, 5.41) is 0. The van der Waals surface area contributed by atoms with Gasteiger partial charge in [-0.15, -0.1) is 0 Å². The molecule has 144 valence electrons. The maximum Gasteiger partial charge on any atom is 0.416 e. The second-order valence-corrected chi connectivity index (χ2v) is 6.62. The Morgan fingerprint density at radius 3 is 1.48 bits per heavy atom. The van der Waals surface area contributed by atoms with E-state index >= 15 is 0 Å². The summed E-state index contributed by atoms with van der Waals surface area (Å²) < 4.78 is 39.9. The van der Waals surface area contributed by atoms with Gasteiger partial charge < -0.3 is 0 Å². The van der Waals surface area contributed by atoms with Gasteiger partial charge in [0.2, 0.25) is 0 Å². The van der Waals surface area contributed by atoms with Crippen LogP contribution in [0, 0.1) is 6.92 Å². The summed E-state index contributed by atoms with van der Waals surface area (Å²) >= 11 is 0. The Hall–Kier alpha value is -3.54. The summed E-state index contributed by atoms with van der Waals surface area (Å²) in [6.07, 6.45) is -4.45. The molecular formula is C23H16F3N3. The van der Waals surface area contributed by atoms with Gasteiger partial charge in [0, 0.05) is 16.7 Å². The molecule has 0 saturated carbocycles. The second kappa shape index (κ2) is 7.47. The normalized spacial score (nSPS) is 11.4. The summed E-state index contributed by atoms with van der Waals surface area (Å²) in [6.45, 7) is 1.62. The van der Waals surface area contributed by atoms with Crippen molar-refractivity contribution < 1.29 is 13.2 Å². The lowest BCUT2D eigenvalue weighted by atomic mass is 10.1. The predicted octanol–water partition coefficient (Wildman–Crippen LogP) is 6.20. The van der Waals surface area contributed by atoms with E-state index < -0.39 is 11.7 Å². The zero-order chi connectivity index (χ0) is 20.4. The number of alkyl halides is 3. The van der Waals surface area contributed by atoms with Crippen molar-refractivity contribution in [3.63, 3.8) is 0 Å². The van der Waals surface area contributed by atoms with Crippen LogP contribution in [0.2, 0.25) is 0 Å². The van der Waals surface area contributed by atoms with Gasteiger partial charge in [0.05, 0.1) is 5.56 Å². The number of benzene rings is 3. The fourth-order valence-electron chi connectivity index (χ4n) is 3.01. The Balaban J connectivity index is 1.93. The van der Waals surface area contributed by atoms with Gasteiger partial charge in [0.25, 0.3) is 0 Å². The first-order valence-corrected chi connectivity index (χ1v) is 8.96. The van der Waals surface area contributed by atoms with Crippen molar-refractivity contribution in [1.29, 1.82) is 0 Å². The highest BCUT2D eigenvalue weighted by atomic mass is 19.4. The fourth-order valence-corrected chi connectivity index (χ4v) is 3.01. The van der Waals surface area contributed by atoms with E-state index in [1.165, 1.54) is 0 Å². The molecule has 1 heterocycles. The Kier molecular flexibility index (Phi) is 4.84. The Morgan fingerprint density at radius 1 is 0.586 bits per heavy atom. The number of hydrogen-bond acceptors (Lipinski definition) is 3. The highest BCUT2D eigenvalue weighted by molar-refractivity contribution is 5.67. The first-order valence-electron chi connectivity index (χ1n) is 8.96. The van der Waals surface area contributed by atoms with Gasteiger partial charge >= 0.3 is 6.18 Å². The predicted molar refractivity (Wildman–Crippen MR) is 106 cm³/mol. The third-order valence-corrected chi connectivity index (χ3v) is 4.36. The molecule has 4 aromatic rings. The Bertz CT molecular complexity index is 1080. The van der Waals surface area contributed by atoms with E-state index in [0.29, 0.717) is 22.8 Å². The molecule has 0 N–H and O–H groups in total. The lowest BCUT2D eigenvalue weighted by Gasteiger charge is -2.12. The highest BCUT2D eigenvalue weighted by Gasteiger charge is 2.31. The molecule has 4 rings (SSSR count). The van der Waals surface area contributed by atoms with Crippen molar-refractivity contribution >= 4 is 0 Å². The first-order chi connectivity index (χ1) is 13.9. The van der Waals surface area contributed by atoms with Gasteiger partial charge in [-0.2, -0.15) is 13.2 Å². The van der Waals surface area contributed by atoms with E-state index in [1.54, 1.807) is 13.0 Å². The van der Waals surface area contributed by atoms with Crippen molar-refractivity contribution in [3.8, 4) is 34.2 Å². The molecule has 0 aliphatic heterocycles. The minimum atomic E-state index is -4.45. The van der Waals surface area contributed by atoms with Crippen LogP contribution in [0.1, 0.15) is 11.1 Å². The maximum absolute atomic E-state index is 13.3. The summed E-state index contributed by atoms with van der Waals surface area (Å²) in [4.78, 5) is 13.5. The van der Waals surface area contributed by atoms with Crippen LogP contribution in [0.5, 0.6) is 0 Å². The molecule has 29 heavy (non-hydrogen) atoms. The molecule has 0 spiro atoms. The first kappa shape index (κ1) is 18.8. The molecule has 0 radical (unpaired) electrons. The highest BCUT2D eigenvalue weighted by Crippen LogP contribution is 2.33. The van der Waals surface area contributed by atoms with Gasteiger partial charge in [-0.25, -0.2) is 15.0 Å². The quantitative estimate of drug-likeness (QED) is 0.417. The second-order valence-electron chi connectivity index (χ2n) is 6.62. The molecule has 3 nitrogen and oxygen atoms in total. The lowest BCUT2D eigenvalue weighted by Crippen LogP contribution is -2.06. The van der Waals surface area contributed by atoms with Crippen LogP contribution >= 0.6 is 0 Å². The fraction of sp³-hybridized carbons (Fsp3) is 0.0870. The van der Waals surface area contributed by atoms with Crippen LogP contribution in [0.4, 0.5) is 13.2 Å². The summed E-state index contributed by atoms with van der Waals surface area (Å²) in [5.41, 5.74) is 1.58. The van der Waals surface area contributed by atoms with Crippen molar-refractivity contribution in [2.45, 2.75) is 13.1 Å². The van der Waals surface area contributed by atoms with Gasteiger partial charge in [-0.05, 0) is 30.7 Å². The molecule has 0 amide bonds. The molecule has 0 bridgehead atoms. The largest absolute Gasteiger partial charge is 0.416 e. The van der Waals surface area contributed by atoms with Crippen LogP contribution in [-0.2, 0) is 6.18 Å². The molecule has 3 aromatic carbocycles. The zero-order valence-corrected chi connectivity index (χ0v) is 15.5. The molecule has 0 saturated heterocycles. The summed E-state index contributed by atoms with van der Waals surface area (Å²) in [6, 6.07) is 22.4. The van der Waals surface area contributed by atoms with E-state index in [0.717, 1.165) is 23.3 Å². The van der Waals surface area contributed by atoms with Crippen molar-refractivity contribution in [2.75, 3.05) is 0 Å². The number of rotatable bonds is 3. The molecule has 0 fully saturated rings. The molecule has 0 aliphatic carbocycles. The van der Waals surface area contributed by atoms with E-state index in [4.69, 9.17) is 0 Å². The van der Waals surface area contributed by atoms with Crippen LogP contribution < -0.4 is 0 Å². The van der Waals surface area contributed by atoms with Gasteiger partial charge in [-0.3, -0.25) is 0 Å². The minimum absolute atomic E-state index is 0.201. The van der Waals surface area contributed by atoms with Crippen molar-refractivity contribution in [1.82, 2.24) is 15.0 Å². The summed E-state index contributed by atoms with van der Waals surface area (Å²) in [7, 11) is 0. The van der Waals surface area contributed by atoms with Gasteiger partial charge in [-0.1, -0.05) is 60.7 Å². The van der Waals surface area contributed by atoms with E-state index in [9.17, 15) is 13.2 Å². The molecule has 0 unspecified atom stereocenters. The third-order valence-electron chi connectivity index (χ3n) is 4.36. The van der Waals surface area contributed by atoms with Crippen LogP contribution in [0.25, 0.3) is 34.2 Å². The SMILES string of the molecule is Cc1cc(-c2nc(-c3ccccc3)nc(-c3ccccc3)n2)cc(C(F)(F)F)c1. The summed E-state index contributed by atoms with van der Waals surface area (Å²) in [5.74, 6) is 1.01. The van der Waals surface area contributed by atoms with Crippen molar-refractivity contribution in [2.24, 2.45) is 0 Å².